The second-order valence-corrected chi connectivity index (χ2v) is 10.3. The van der Waals surface area contributed by atoms with Crippen LogP contribution in [0.2, 0.25) is 0 Å². The number of carbonyl (C=O) groups excluding carboxylic acids is 3. The third-order valence-electron chi connectivity index (χ3n) is 6.20. The monoisotopic (exact) mass is 555 g/mol. The minimum atomic E-state index is -0.988. The van der Waals surface area contributed by atoms with Gasteiger partial charge in [0.2, 0.25) is 11.8 Å². The zero-order valence-electron chi connectivity index (χ0n) is 24.2. The van der Waals surface area contributed by atoms with Gasteiger partial charge in [0, 0.05) is 6.42 Å². The highest BCUT2D eigenvalue weighted by Gasteiger charge is 2.29. The van der Waals surface area contributed by atoms with Crippen molar-refractivity contribution in [3.05, 3.63) is 65.7 Å². The Morgan fingerprint density at radius 1 is 0.825 bits per heavy atom. The lowest BCUT2D eigenvalue weighted by atomic mass is 10.0. The van der Waals surface area contributed by atoms with Crippen LogP contribution < -0.4 is 20.7 Å². The lowest BCUT2D eigenvalue weighted by Crippen LogP contribution is -2.56. The Morgan fingerprint density at radius 3 is 2.10 bits per heavy atom. The Hall–Kier alpha value is -3.59. The molecule has 9 heteroatoms. The van der Waals surface area contributed by atoms with E-state index in [1.807, 2.05) is 82.3 Å². The number of benzene rings is 2. The molecule has 3 atom stereocenters. The maximum absolute atomic E-state index is 13.5. The lowest BCUT2D eigenvalue weighted by molar-refractivity contribution is -0.131. The summed E-state index contributed by atoms with van der Waals surface area (Å²) in [5.74, 6) is -0.0223. The van der Waals surface area contributed by atoms with Crippen LogP contribution in [0.1, 0.15) is 64.5 Å². The van der Waals surface area contributed by atoms with Crippen molar-refractivity contribution in [2.75, 3.05) is 13.2 Å². The molecule has 2 aromatic carbocycles. The zero-order valence-corrected chi connectivity index (χ0v) is 24.2. The summed E-state index contributed by atoms with van der Waals surface area (Å²) in [7, 11) is 0. The van der Waals surface area contributed by atoms with Gasteiger partial charge in [-0.2, -0.15) is 0 Å². The number of aliphatic hydroxyl groups excluding tert-OH is 1. The van der Waals surface area contributed by atoms with E-state index in [0.717, 1.165) is 29.7 Å². The number of aliphatic hydroxyl groups is 1. The van der Waals surface area contributed by atoms with Crippen molar-refractivity contribution in [2.45, 2.75) is 84.5 Å². The maximum Gasteiger partial charge on any atom is 0.408 e. The van der Waals surface area contributed by atoms with Crippen LogP contribution in [-0.4, -0.2) is 54.4 Å². The molecule has 0 heterocycles. The molecule has 0 bridgehead atoms. The van der Waals surface area contributed by atoms with Crippen molar-refractivity contribution < 1.29 is 29.0 Å². The van der Waals surface area contributed by atoms with Crippen molar-refractivity contribution in [3.8, 4) is 5.75 Å². The standard InChI is InChI=1S/C31H45N3O6/c1-5-10-25(20-35)32-29(36)27(18-22(3)4)33-30(37)28(19-23-13-15-26(16-14-23)39-17-6-2)34-31(38)40-21-24-11-8-7-9-12-24/h7-9,11-16,22,25,27-28,35H,5-6,10,17-21H2,1-4H3,(H,32,36)(H,33,37)(H,34,38)/t25-,27-,28-/m0/s1. The van der Waals surface area contributed by atoms with E-state index in [0.29, 0.717) is 19.4 Å². The van der Waals surface area contributed by atoms with E-state index in [1.54, 1.807) is 0 Å². The van der Waals surface area contributed by atoms with Gasteiger partial charge in [-0.15, -0.1) is 0 Å². The van der Waals surface area contributed by atoms with E-state index in [2.05, 4.69) is 16.0 Å². The number of carbonyl (C=O) groups is 3. The first-order chi connectivity index (χ1) is 19.2. The number of amides is 3. The molecule has 2 aromatic rings. The normalized spacial score (nSPS) is 13.2. The number of rotatable bonds is 17. The molecule has 0 spiro atoms. The van der Waals surface area contributed by atoms with Crippen molar-refractivity contribution in [1.82, 2.24) is 16.0 Å². The number of hydrogen-bond acceptors (Lipinski definition) is 6. The topological polar surface area (TPSA) is 126 Å². The van der Waals surface area contributed by atoms with E-state index in [1.165, 1.54) is 0 Å². The average Bonchev–Trinajstić information content (AvgIpc) is 2.95. The molecule has 0 saturated heterocycles. The Balaban J connectivity index is 2.17. The van der Waals surface area contributed by atoms with Gasteiger partial charge in [-0.1, -0.05) is 76.6 Å². The summed E-state index contributed by atoms with van der Waals surface area (Å²) < 4.78 is 11.0. The third-order valence-corrected chi connectivity index (χ3v) is 6.20. The molecule has 40 heavy (non-hydrogen) atoms. The number of alkyl carbamates (subject to hydrolysis) is 1. The highest BCUT2D eigenvalue weighted by molar-refractivity contribution is 5.91. The van der Waals surface area contributed by atoms with E-state index in [4.69, 9.17) is 9.47 Å². The predicted octanol–water partition coefficient (Wildman–Crippen LogP) is 4.12. The highest BCUT2D eigenvalue weighted by Crippen LogP contribution is 2.15. The van der Waals surface area contributed by atoms with Crippen LogP contribution in [0, 0.1) is 5.92 Å². The molecule has 0 aromatic heterocycles. The molecule has 220 valence electrons. The second-order valence-electron chi connectivity index (χ2n) is 10.3. The molecule has 0 aliphatic heterocycles. The molecule has 0 saturated carbocycles. The van der Waals surface area contributed by atoms with Gasteiger partial charge in [0.25, 0.3) is 0 Å². The summed E-state index contributed by atoms with van der Waals surface area (Å²) in [6, 6.07) is 14.4. The fourth-order valence-corrected chi connectivity index (χ4v) is 4.13. The molecular weight excluding hydrogens is 510 g/mol. The fraction of sp³-hybridized carbons (Fsp3) is 0.516. The van der Waals surface area contributed by atoms with Crippen molar-refractivity contribution in [1.29, 1.82) is 0 Å². The molecule has 2 rings (SSSR count). The van der Waals surface area contributed by atoms with Crippen molar-refractivity contribution in [2.24, 2.45) is 5.92 Å². The van der Waals surface area contributed by atoms with Crippen molar-refractivity contribution in [3.63, 3.8) is 0 Å². The summed E-state index contributed by atoms with van der Waals surface area (Å²) in [5.41, 5.74) is 1.63. The van der Waals surface area contributed by atoms with Gasteiger partial charge in [-0.05, 0) is 48.4 Å². The van der Waals surface area contributed by atoms with Crippen LogP contribution in [0.4, 0.5) is 4.79 Å². The van der Waals surface area contributed by atoms with Crippen LogP contribution in [0.25, 0.3) is 0 Å². The van der Waals surface area contributed by atoms with E-state index >= 15 is 0 Å². The fourth-order valence-electron chi connectivity index (χ4n) is 4.13. The summed E-state index contributed by atoms with van der Waals surface area (Å²) in [5, 5.41) is 18.0. The van der Waals surface area contributed by atoms with Crippen LogP contribution in [0.5, 0.6) is 5.75 Å². The van der Waals surface area contributed by atoms with Gasteiger partial charge in [0.15, 0.2) is 0 Å². The Kier molecular flexibility index (Phi) is 14.6. The SMILES string of the molecule is CCCOc1ccc(C[C@H](NC(=O)OCc2ccccc2)C(=O)N[C@@H](CC(C)C)C(=O)N[C@H](CO)CCC)cc1. The highest BCUT2D eigenvalue weighted by atomic mass is 16.5. The Morgan fingerprint density at radius 2 is 1.50 bits per heavy atom. The first kappa shape index (κ1) is 32.6. The molecule has 3 amide bonds. The molecule has 0 aliphatic carbocycles. The molecule has 0 radical (unpaired) electrons. The lowest BCUT2D eigenvalue weighted by Gasteiger charge is -2.26. The van der Waals surface area contributed by atoms with Crippen LogP contribution in [0.3, 0.4) is 0 Å². The maximum atomic E-state index is 13.5. The summed E-state index contributed by atoms with van der Waals surface area (Å²) in [6.07, 6.45) is 2.16. The summed E-state index contributed by atoms with van der Waals surface area (Å²) in [6.45, 7) is 8.40. The first-order valence-corrected chi connectivity index (χ1v) is 14.2. The first-order valence-electron chi connectivity index (χ1n) is 14.2. The third kappa shape index (κ3) is 12.1. The molecule has 0 unspecified atom stereocenters. The zero-order chi connectivity index (χ0) is 29.3. The van der Waals surface area contributed by atoms with E-state index < -0.39 is 24.1 Å². The molecule has 0 fully saturated rings. The number of hydrogen-bond donors (Lipinski definition) is 4. The molecular formula is C31H45N3O6. The Bertz CT molecular complexity index is 1030. The van der Waals surface area contributed by atoms with Crippen molar-refractivity contribution >= 4 is 17.9 Å². The van der Waals surface area contributed by atoms with Gasteiger partial charge >= 0.3 is 6.09 Å². The van der Waals surface area contributed by atoms with Gasteiger partial charge in [0.05, 0.1) is 19.3 Å². The van der Waals surface area contributed by atoms with Crippen LogP contribution in [-0.2, 0) is 27.4 Å². The minimum Gasteiger partial charge on any atom is -0.494 e. The minimum absolute atomic E-state index is 0.0584. The quantitative estimate of drug-likeness (QED) is 0.233. The van der Waals surface area contributed by atoms with Crippen LogP contribution >= 0.6 is 0 Å². The predicted molar refractivity (Wildman–Crippen MR) is 155 cm³/mol. The second kappa shape index (κ2) is 17.9. The summed E-state index contributed by atoms with van der Waals surface area (Å²) in [4.78, 5) is 39.3. The molecule has 9 nitrogen and oxygen atoms in total. The summed E-state index contributed by atoms with van der Waals surface area (Å²) >= 11 is 0. The largest absolute Gasteiger partial charge is 0.494 e. The Labute approximate surface area is 238 Å². The van der Waals surface area contributed by atoms with Gasteiger partial charge in [-0.25, -0.2) is 4.79 Å². The molecule has 0 aliphatic rings. The molecule has 4 N–H and O–H groups in total. The average molecular weight is 556 g/mol. The van der Waals surface area contributed by atoms with Gasteiger partial charge in [0.1, 0.15) is 24.4 Å². The smallest absolute Gasteiger partial charge is 0.408 e. The van der Waals surface area contributed by atoms with Crippen LogP contribution in [0.15, 0.2) is 54.6 Å². The number of ether oxygens (including phenoxy) is 2. The van der Waals surface area contributed by atoms with E-state index in [-0.39, 0.29) is 37.5 Å². The van der Waals surface area contributed by atoms with Gasteiger partial charge < -0.3 is 30.5 Å². The number of nitrogens with one attached hydrogen (secondary N) is 3. The van der Waals surface area contributed by atoms with Gasteiger partial charge in [-0.3, -0.25) is 9.59 Å². The van der Waals surface area contributed by atoms with E-state index in [9.17, 15) is 19.5 Å².